The zero-order chi connectivity index (χ0) is 16.8. The Balaban J connectivity index is 2.14. The van der Waals surface area contributed by atoms with Crippen molar-refractivity contribution in [2.75, 3.05) is 31.4 Å². The van der Waals surface area contributed by atoms with Crippen LogP contribution in [0.4, 0.5) is 11.4 Å². The summed E-state index contributed by atoms with van der Waals surface area (Å²) in [7, 11) is 5.36. The average Bonchev–Trinajstić information content (AvgIpc) is 2.53. The van der Waals surface area contributed by atoms with Crippen LogP contribution in [0.5, 0.6) is 5.75 Å². The number of benzene rings is 2. The smallest absolute Gasteiger partial charge is 0.248 e. The van der Waals surface area contributed by atoms with E-state index >= 15 is 0 Å². The predicted octanol–water partition coefficient (Wildman–Crippen LogP) is 4.07. The van der Waals surface area contributed by atoms with Gasteiger partial charge in [-0.3, -0.25) is 4.79 Å². The van der Waals surface area contributed by atoms with Crippen LogP contribution in [0.25, 0.3) is 6.08 Å². The van der Waals surface area contributed by atoms with E-state index in [1.54, 1.807) is 25.3 Å². The van der Waals surface area contributed by atoms with Crippen molar-refractivity contribution in [2.45, 2.75) is 0 Å². The number of nitrogens with one attached hydrogen (secondary N) is 1. The Hall–Kier alpha value is -2.46. The monoisotopic (exact) mass is 330 g/mol. The second kappa shape index (κ2) is 7.70. The van der Waals surface area contributed by atoms with Crippen LogP contribution in [0.15, 0.2) is 48.5 Å². The van der Waals surface area contributed by atoms with Gasteiger partial charge in [0.1, 0.15) is 5.75 Å². The number of para-hydroxylation sites is 1. The molecule has 2 aromatic carbocycles. The van der Waals surface area contributed by atoms with E-state index in [0.29, 0.717) is 10.7 Å². The Bertz CT molecular complexity index is 727. The van der Waals surface area contributed by atoms with Crippen molar-refractivity contribution in [3.8, 4) is 5.75 Å². The molecule has 0 radical (unpaired) electrons. The minimum Gasteiger partial charge on any atom is -0.497 e. The normalized spacial score (nSPS) is 10.6. The van der Waals surface area contributed by atoms with Gasteiger partial charge in [-0.15, -0.1) is 0 Å². The number of methoxy groups -OCH3 is 1. The number of anilines is 2. The number of carbonyl (C=O) groups excluding carboxylic acids is 1. The summed E-state index contributed by atoms with van der Waals surface area (Å²) in [4.78, 5) is 14.0. The molecule has 0 bridgehead atoms. The molecule has 23 heavy (non-hydrogen) atoms. The molecule has 1 amide bonds. The lowest BCUT2D eigenvalue weighted by molar-refractivity contribution is -0.111. The third kappa shape index (κ3) is 4.50. The average molecular weight is 331 g/mol. The Labute approximate surface area is 141 Å². The summed E-state index contributed by atoms with van der Waals surface area (Å²) in [6.45, 7) is 0. The van der Waals surface area contributed by atoms with E-state index < -0.39 is 0 Å². The zero-order valence-corrected chi connectivity index (χ0v) is 14.1. The van der Waals surface area contributed by atoms with Crippen LogP contribution >= 0.6 is 11.6 Å². The molecule has 0 spiro atoms. The maximum atomic E-state index is 12.1. The summed E-state index contributed by atoms with van der Waals surface area (Å²) < 4.78 is 5.16. The third-order valence-electron chi connectivity index (χ3n) is 3.21. The number of carbonyl (C=O) groups is 1. The van der Waals surface area contributed by atoms with Gasteiger partial charge in [0.2, 0.25) is 5.91 Å². The van der Waals surface area contributed by atoms with Crippen molar-refractivity contribution < 1.29 is 9.53 Å². The first kappa shape index (κ1) is 16.9. The number of amides is 1. The molecule has 0 unspecified atom stereocenters. The minimum atomic E-state index is -0.224. The van der Waals surface area contributed by atoms with Crippen molar-refractivity contribution in [3.63, 3.8) is 0 Å². The molecule has 0 atom stereocenters. The van der Waals surface area contributed by atoms with E-state index in [1.165, 1.54) is 6.08 Å². The number of nitrogens with zero attached hydrogens (tertiary/aromatic N) is 1. The van der Waals surface area contributed by atoms with Gasteiger partial charge in [0.05, 0.1) is 23.5 Å². The van der Waals surface area contributed by atoms with E-state index in [4.69, 9.17) is 16.3 Å². The largest absolute Gasteiger partial charge is 0.497 e. The fraction of sp³-hybridized carbons (Fsp3) is 0.167. The second-order valence-electron chi connectivity index (χ2n) is 5.13. The van der Waals surface area contributed by atoms with E-state index in [9.17, 15) is 4.79 Å². The maximum absolute atomic E-state index is 12.1. The van der Waals surface area contributed by atoms with E-state index in [2.05, 4.69) is 5.32 Å². The lowest BCUT2D eigenvalue weighted by Crippen LogP contribution is -2.15. The molecule has 0 fully saturated rings. The molecule has 0 heterocycles. The third-order valence-corrected chi connectivity index (χ3v) is 3.52. The van der Waals surface area contributed by atoms with Gasteiger partial charge in [-0.1, -0.05) is 29.8 Å². The molecule has 0 aliphatic rings. The summed E-state index contributed by atoms with van der Waals surface area (Å²) in [5.74, 6) is 0.524. The SMILES string of the molecule is COc1cccc(C=CC(=O)Nc2cccc(Cl)c2N(C)C)c1. The van der Waals surface area contributed by atoms with E-state index in [1.807, 2.05) is 49.3 Å². The highest BCUT2D eigenvalue weighted by Gasteiger charge is 2.10. The first-order valence-corrected chi connectivity index (χ1v) is 7.48. The summed E-state index contributed by atoms with van der Waals surface area (Å²) in [5.41, 5.74) is 2.33. The standard InChI is InChI=1S/C18H19ClN2O2/c1-21(2)18-15(19)8-5-9-16(18)20-17(22)11-10-13-6-4-7-14(12-13)23-3/h4-12H,1-3H3,(H,20,22). The fourth-order valence-electron chi connectivity index (χ4n) is 2.16. The van der Waals surface area contributed by atoms with Crippen LogP contribution in [0.3, 0.4) is 0 Å². The highest BCUT2D eigenvalue weighted by atomic mass is 35.5. The molecule has 2 aromatic rings. The van der Waals surface area contributed by atoms with Crippen LogP contribution in [-0.4, -0.2) is 27.1 Å². The van der Waals surface area contributed by atoms with Crippen molar-refractivity contribution in [3.05, 3.63) is 59.1 Å². The number of halogens is 1. The van der Waals surface area contributed by atoms with Crippen molar-refractivity contribution in [1.29, 1.82) is 0 Å². The van der Waals surface area contributed by atoms with Gasteiger partial charge in [-0.05, 0) is 35.9 Å². The number of ether oxygens (including phenoxy) is 1. The molecule has 120 valence electrons. The summed E-state index contributed by atoms with van der Waals surface area (Å²) in [6.07, 6.45) is 3.22. The van der Waals surface area contributed by atoms with E-state index in [0.717, 1.165) is 17.0 Å². The van der Waals surface area contributed by atoms with Crippen LogP contribution in [0.2, 0.25) is 5.02 Å². The molecule has 1 N–H and O–H groups in total. The first-order valence-electron chi connectivity index (χ1n) is 7.10. The second-order valence-corrected chi connectivity index (χ2v) is 5.54. The van der Waals surface area contributed by atoms with Crippen molar-refractivity contribution in [2.24, 2.45) is 0 Å². The molecule has 4 nitrogen and oxygen atoms in total. The minimum absolute atomic E-state index is 0.224. The fourth-order valence-corrected chi connectivity index (χ4v) is 2.51. The Kier molecular flexibility index (Phi) is 5.66. The molecule has 0 aliphatic heterocycles. The first-order chi connectivity index (χ1) is 11.0. The Morgan fingerprint density at radius 1 is 1.22 bits per heavy atom. The Morgan fingerprint density at radius 3 is 2.65 bits per heavy atom. The predicted molar refractivity (Wildman–Crippen MR) is 96.4 cm³/mol. The number of hydrogen-bond acceptors (Lipinski definition) is 3. The number of rotatable bonds is 5. The zero-order valence-electron chi connectivity index (χ0n) is 13.3. The van der Waals surface area contributed by atoms with Crippen LogP contribution in [-0.2, 0) is 4.79 Å². The van der Waals surface area contributed by atoms with Crippen LogP contribution in [0.1, 0.15) is 5.56 Å². The van der Waals surface area contributed by atoms with Gasteiger partial charge in [-0.2, -0.15) is 0 Å². The van der Waals surface area contributed by atoms with Gasteiger partial charge in [0.15, 0.2) is 0 Å². The lowest BCUT2D eigenvalue weighted by atomic mass is 10.2. The van der Waals surface area contributed by atoms with Crippen LogP contribution < -0.4 is 15.0 Å². The topological polar surface area (TPSA) is 41.6 Å². The van der Waals surface area contributed by atoms with Gasteiger partial charge < -0.3 is 15.0 Å². The summed E-state index contributed by atoms with van der Waals surface area (Å²) in [6, 6.07) is 12.9. The maximum Gasteiger partial charge on any atom is 0.248 e. The molecule has 2 rings (SSSR count). The number of hydrogen-bond donors (Lipinski definition) is 1. The molecular formula is C18H19ClN2O2. The van der Waals surface area contributed by atoms with Crippen LogP contribution in [0, 0.1) is 0 Å². The quantitative estimate of drug-likeness (QED) is 0.840. The molecule has 0 aliphatic carbocycles. The molecule has 0 saturated heterocycles. The lowest BCUT2D eigenvalue weighted by Gasteiger charge is -2.18. The van der Waals surface area contributed by atoms with E-state index in [-0.39, 0.29) is 5.91 Å². The summed E-state index contributed by atoms with van der Waals surface area (Å²) >= 11 is 6.19. The van der Waals surface area contributed by atoms with Gasteiger partial charge in [0, 0.05) is 20.2 Å². The van der Waals surface area contributed by atoms with Gasteiger partial charge in [0.25, 0.3) is 0 Å². The molecule has 0 saturated carbocycles. The van der Waals surface area contributed by atoms with Crippen molar-refractivity contribution >= 4 is 35.0 Å². The molecular weight excluding hydrogens is 312 g/mol. The van der Waals surface area contributed by atoms with Gasteiger partial charge in [-0.25, -0.2) is 0 Å². The van der Waals surface area contributed by atoms with Gasteiger partial charge >= 0.3 is 0 Å². The van der Waals surface area contributed by atoms with Crippen molar-refractivity contribution in [1.82, 2.24) is 0 Å². The highest BCUT2D eigenvalue weighted by Crippen LogP contribution is 2.32. The summed E-state index contributed by atoms with van der Waals surface area (Å²) in [5, 5.41) is 3.44. The highest BCUT2D eigenvalue weighted by molar-refractivity contribution is 6.34. The molecule has 5 heteroatoms. The molecule has 0 aromatic heterocycles. The Morgan fingerprint density at radius 2 is 1.96 bits per heavy atom.